The number of halogens is 1. The van der Waals surface area contributed by atoms with E-state index in [0.29, 0.717) is 29.2 Å². The van der Waals surface area contributed by atoms with Gasteiger partial charge >= 0.3 is 0 Å². The molecule has 1 aromatic heterocycles. The average Bonchev–Trinajstić information content (AvgIpc) is 3.59. The van der Waals surface area contributed by atoms with Crippen LogP contribution in [0.3, 0.4) is 0 Å². The van der Waals surface area contributed by atoms with Crippen LogP contribution in [0.2, 0.25) is 0 Å². The van der Waals surface area contributed by atoms with Crippen LogP contribution < -0.4 is 20.0 Å². The second-order valence-electron chi connectivity index (χ2n) is 8.47. The lowest BCUT2D eigenvalue weighted by Gasteiger charge is -2.20. The van der Waals surface area contributed by atoms with E-state index < -0.39 is 0 Å². The lowest BCUT2D eigenvalue weighted by Crippen LogP contribution is -2.25. The van der Waals surface area contributed by atoms with Gasteiger partial charge in [0.15, 0.2) is 0 Å². The van der Waals surface area contributed by atoms with E-state index in [9.17, 15) is 4.39 Å². The minimum atomic E-state index is -0.267. The van der Waals surface area contributed by atoms with Crippen molar-refractivity contribution in [2.24, 2.45) is 5.10 Å². The Morgan fingerprint density at radius 2 is 1.47 bits per heavy atom. The van der Waals surface area contributed by atoms with Crippen LogP contribution in [-0.2, 0) is 6.61 Å². The number of anilines is 3. The largest absolute Gasteiger partial charge is 0.489 e. The van der Waals surface area contributed by atoms with Crippen LogP contribution >= 0.6 is 0 Å². The van der Waals surface area contributed by atoms with Crippen LogP contribution in [-0.4, -0.2) is 47.3 Å². The molecule has 2 fully saturated rings. The van der Waals surface area contributed by atoms with E-state index in [-0.39, 0.29) is 12.4 Å². The Kier molecular flexibility index (Phi) is 6.78. The summed E-state index contributed by atoms with van der Waals surface area (Å²) in [4.78, 5) is 18.3. The second-order valence-corrected chi connectivity index (χ2v) is 8.47. The van der Waals surface area contributed by atoms with Crippen LogP contribution in [0.4, 0.5) is 22.2 Å². The lowest BCUT2D eigenvalue weighted by molar-refractivity contribution is 0.300. The topological polar surface area (TPSA) is 78.8 Å². The van der Waals surface area contributed by atoms with Gasteiger partial charge in [-0.25, -0.2) is 9.82 Å². The summed E-state index contributed by atoms with van der Waals surface area (Å²) in [6, 6.07) is 14.1. The molecule has 0 amide bonds. The molecule has 8 nitrogen and oxygen atoms in total. The lowest BCUT2D eigenvalue weighted by atomic mass is 10.2. The molecule has 0 saturated carbocycles. The smallest absolute Gasteiger partial charge is 0.250 e. The highest BCUT2D eigenvalue weighted by molar-refractivity contribution is 5.80. The van der Waals surface area contributed by atoms with Crippen molar-refractivity contribution in [3.8, 4) is 5.75 Å². The molecular weight excluding hydrogens is 433 g/mol. The number of hydrazone groups is 1. The summed E-state index contributed by atoms with van der Waals surface area (Å²) in [6.07, 6.45) is 6.34. The first-order valence-corrected chi connectivity index (χ1v) is 11.8. The third kappa shape index (κ3) is 5.41. The van der Waals surface area contributed by atoms with Crippen molar-refractivity contribution in [2.45, 2.75) is 32.3 Å². The van der Waals surface area contributed by atoms with Gasteiger partial charge in [0.1, 0.15) is 18.2 Å². The standard InChI is InChI=1S/C25H28FN7O/c26-22-8-2-1-7-20(22)18-34-21-11-9-19(10-12-21)17-27-31-23-28-24(32-13-3-4-14-32)30-25(29-23)33-15-5-6-16-33/h1-2,7-12,17H,3-6,13-16,18H2,(H,28,29,30,31)/b27-17+. The van der Waals surface area contributed by atoms with Gasteiger partial charge in [-0.1, -0.05) is 18.2 Å². The normalized spacial score (nSPS) is 15.9. The Morgan fingerprint density at radius 3 is 2.09 bits per heavy atom. The maximum absolute atomic E-state index is 13.7. The molecule has 2 aliphatic heterocycles. The third-order valence-corrected chi connectivity index (χ3v) is 6.00. The van der Waals surface area contributed by atoms with Gasteiger partial charge in [-0.05, 0) is 61.6 Å². The minimum absolute atomic E-state index is 0.180. The van der Waals surface area contributed by atoms with Gasteiger partial charge in [-0.3, -0.25) is 0 Å². The number of rotatable bonds is 8. The molecule has 2 aliphatic rings. The molecule has 2 saturated heterocycles. The molecule has 34 heavy (non-hydrogen) atoms. The highest BCUT2D eigenvalue weighted by atomic mass is 19.1. The highest BCUT2D eigenvalue weighted by Gasteiger charge is 2.21. The summed E-state index contributed by atoms with van der Waals surface area (Å²) < 4.78 is 19.4. The van der Waals surface area contributed by atoms with Gasteiger partial charge in [-0.15, -0.1) is 0 Å². The Bertz CT molecular complexity index is 1090. The third-order valence-electron chi connectivity index (χ3n) is 6.00. The minimum Gasteiger partial charge on any atom is -0.489 e. The number of nitrogens with zero attached hydrogens (tertiary/aromatic N) is 6. The maximum atomic E-state index is 13.7. The van der Waals surface area contributed by atoms with Crippen molar-refractivity contribution >= 4 is 24.1 Å². The van der Waals surface area contributed by atoms with Crippen LogP contribution in [0.25, 0.3) is 0 Å². The summed E-state index contributed by atoms with van der Waals surface area (Å²) in [5.41, 5.74) is 4.38. The zero-order valence-corrected chi connectivity index (χ0v) is 19.0. The quantitative estimate of drug-likeness (QED) is 0.397. The first kappa shape index (κ1) is 22.1. The number of nitrogens with one attached hydrogen (secondary N) is 1. The van der Waals surface area contributed by atoms with Gasteiger partial charge < -0.3 is 14.5 Å². The monoisotopic (exact) mass is 461 g/mol. The molecular formula is C25H28FN7O. The zero-order valence-electron chi connectivity index (χ0n) is 19.0. The van der Waals surface area contributed by atoms with Crippen molar-refractivity contribution in [2.75, 3.05) is 41.4 Å². The number of hydrogen-bond acceptors (Lipinski definition) is 8. The number of hydrogen-bond donors (Lipinski definition) is 1. The van der Waals surface area contributed by atoms with Gasteiger partial charge in [-0.2, -0.15) is 20.1 Å². The van der Waals surface area contributed by atoms with Crippen molar-refractivity contribution in [1.29, 1.82) is 0 Å². The summed E-state index contributed by atoms with van der Waals surface area (Å²) in [5, 5.41) is 4.33. The molecule has 0 aliphatic carbocycles. The zero-order chi connectivity index (χ0) is 23.2. The van der Waals surface area contributed by atoms with Crippen LogP contribution in [0.15, 0.2) is 53.6 Å². The molecule has 0 radical (unpaired) electrons. The first-order valence-electron chi connectivity index (χ1n) is 11.8. The maximum Gasteiger partial charge on any atom is 0.250 e. The highest BCUT2D eigenvalue weighted by Crippen LogP contribution is 2.23. The van der Waals surface area contributed by atoms with E-state index in [2.05, 4.69) is 30.3 Å². The molecule has 0 spiro atoms. The molecule has 2 aromatic carbocycles. The molecule has 3 aromatic rings. The molecule has 0 atom stereocenters. The second kappa shape index (κ2) is 10.5. The van der Waals surface area contributed by atoms with E-state index in [4.69, 9.17) is 9.72 Å². The van der Waals surface area contributed by atoms with E-state index >= 15 is 0 Å². The summed E-state index contributed by atoms with van der Waals surface area (Å²) in [6.45, 7) is 4.06. The summed E-state index contributed by atoms with van der Waals surface area (Å²) >= 11 is 0. The van der Waals surface area contributed by atoms with Crippen molar-refractivity contribution < 1.29 is 9.13 Å². The number of aromatic nitrogens is 3. The summed E-state index contributed by atoms with van der Waals surface area (Å²) in [5.74, 6) is 2.26. The van der Waals surface area contributed by atoms with Crippen LogP contribution in [0, 0.1) is 5.82 Å². The molecule has 1 N–H and O–H groups in total. The first-order chi connectivity index (χ1) is 16.7. The Hall–Kier alpha value is -3.75. The Morgan fingerprint density at radius 1 is 0.853 bits per heavy atom. The fourth-order valence-corrected chi connectivity index (χ4v) is 4.11. The summed E-state index contributed by atoms with van der Waals surface area (Å²) in [7, 11) is 0. The molecule has 3 heterocycles. The molecule has 0 bridgehead atoms. The molecule has 176 valence electrons. The van der Waals surface area contributed by atoms with Crippen LogP contribution in [0.1, 0.15) is 36.8 Å². The predicted molar refractivity (Wildman–Crippen MR) is 131 cm³/mol. The number of ether oxygens (including phenoxy) is 1. The van der Waals surface area contributed by atoms with E-state index in [1.54, 1.807) is 24.4 Å². The van der Waals surface area contributed by atoms with Gasteiger partial charge in [0.05, 0.1) is 6.21 Å². The van der Waals surface area contributed by atoms with Gasteiger partial charge in [0.2, 0.25) is 17.8 Å². The SMILES string of the molecule is Fc1ccccc1COc1ccc(/C=N/Nc2nc(N3CCCC3)nc(N3CCCC3)n2)cc1. The number of benzene rings is 2. The van der Waals surface area contributed by atoms with Crippen molar-refractivity contribution in [1.82, 2.24) is 15.0 Å². The van der Waals surface area contributed by atoms with Gasteiger partial charge in [0.25, 0.3) is 0 Å². The van der Waals surface area contributed by atoms with Crippen molar-refractivity contribution in [3.63, 3.8) is 0 Å². The van der Waals surface area contributed by atoms with E-state index in [0.717, 1.165) is 57.4 Å². The molecule has 0 unspecified atom stereocenters. The van der Waals surface area contributed by atoms with Crippen LogP contribution in [0.5, 0.6) is 5.75 Å². The Balaban J connectivity index is 1.23. The molecule has 5 rings (SSSR count). The van der Waals surface area contributed by atoms with Crippen molar-refractivity contribution in [3.05, 3.63) is 65.5 Å². The average molecular weight is 462 g/mol. The Labute approximate surface area is 198 Å². The fraction of sp³-hybridized carbons (Fsp3) is 0.360. The van der Waals surface area contributed by atoms with E-state index in [1.165, 1.54) is 6.07 Å². The fourth-order valence-electron chi connectivity index (χ4n) is 4.11. The van der Waals surface area contributed by atoms with Gasteiger partial charge in [0, 0.05) is 31.7 Å². The molecule has 9 heteroatoms. The predicted octanol–water partition coefficient (Wildman–Crippen LogP) is 4.24. The van der Waals surface area contributed by atoms with E-state index in [1.807, 2.05) is 24.3 Å².